The molecular weight excluding hydrogens is 348 g/mol. The number of amides is 1. The molecule has 0 fully saturated rings. The minimum absolute atomic E-state index is 0.145. The van der Waals surface area contributed by atoms with Crippen LogP contribution in [0.1, 0.15) is 42.6 Å². The van der Waals surface area contributed by atoms with Gasteiger partial charge in [0.05, 0.1) is 0 Å². The van der Waals surface area contributed by atoms with E-state index in [4.69, 9.17) is 0 Å². The number of carbonyl (C=O) groups is 1. The van der Waals surface area contributed by atoms with E-state index in [1.165, 1.54) is 0 Å². The molecule has 24 heavy (non-hydrogen) atoms. The molecule has 0 aliphatic rings. The lowest BCUT2D eigenvalue weighted by molar-refractivity contribution is 0.102. The SMILES string of the molecule is CCC[C@@H](C)NS(=O)(=O)c1nnc(NC(=O)c2ccccc2C)s1. The van der Waals surface area contributed by atoms with Crippen molar-refractivity contribution >= 4 is 32.4 Å². The molecule has 2 aromatic rings. The second-order valence-corrected chi connectivity index (χ2v) is 8.32. The van der Waals surface area contributed by atoms with Gasteiger partial charge in [-0.25, -0.2) is 13.1 Å². The highest BCUT2D eigenvalue weighted by Crippen LogP contribution is 2.21. The van der Waals surface area contributed by atoms with Gasteiger partial charge in [0.25, 0.3) is 15.9 Å². The lowest BCUT2D eigenvalue weighted by Crippen LogP contribution is -2.32. The Bertz CT molecular complexity index is 818. The maximum atomic E-state index is 12.2. The van der Waals surface area contributed by atoms with Gasteiger partial charge in [-0.15, -0.1) is 10.2 Å². The van der Waals surface area contributed by atoms with Gasteiger partial charge >= 0.3 is 0 Å². The molecule has 0 bridgehead atoms. The van der Waals surface area contributed by atoms with Crippen molar-refractivity contribution in [2.75, 3.05) is 5.32 Å². The molecule has 0 aliphatic carbocycles. The number of carbonyl (C=O) groups excluding carboxylic acids is 1. The Hall–Kier alpha value is -1.84. The van der Waals surface area contributed by atoms with Gasteiger partial charge in [0.1, 0.15) is 0 Å². The van der Waals surface area contributed by atoms with Crippen molar-refractivity contribution in [3.63, 3.8) is 0 Å². The van der Waals surface area contributed by atoms with E-state index in [0.29, 0.717) is 5.56 Å². The minimum atomic E-state index is -3.73. The van der Waals surface area contributed by atoms with E-state index in [2.05, 4.69) is 20.2 Å². The van der Waals surface area contributed by atoms with Crippen molar-refractivity contribution in [2.24, 2.45) is 0 Å². The summed E-state index contributed by atoms with van der Waals surface area (Å²) >= 11 is 0.824. The van der Waals surface area contributed by atoms with Crippen LogP contribution in [0, 0.1) is 6.92 Å². The smallest absolute Gasteiger partial charge is 0.270 e. The Morgan fingerprint density at radius 1 is 1.29 bits per heavy atom. The van der Waals surface area contributed by atoms with E-state index in [9.17, 15) is 13.2 Å². The highest BCUT2D eigenvalue weighted by Gasteiger charge is 2.23. The number of rotatable bonds is 7. The molecular formula is C15H20N4O3S2. The van der Waals surface area contributed by atoms with Gasteiger partial charge in [0.15, 0.2) is 0 Å². The van der Waals surface area contributed by atoms with Crippen molar-refractivity contribution in [1.29, 1.82) is 0 Å². The van der Waals surface area contributed by atoms with Crippen molar-refractivity contribution in [1.82, 2.24) is 14.9 Å². The number of nitrogens with one attached hydrogen (secondary N) is 2. The maximum Gasteiger partial charge on any atom is 0.270 e. The van der Waals surface area contributed by atoms with E-state index >= 15 is 0 Å². The molecule has 2 rings (SSSR count). The first-order valence-corrected chi connectivity index (χ1v) is 9.86. The fourth-order valence-electron chi connectivity index (χ4n) is 2.17. The molecule has 9 heteroatoms. The largest absolute Gasteiger partial charge is 0.296 e. The molecule has 1 aromatic carbocycles. The van der Waals surface area contributed by atoms with E-state index in [1.54, 1.807) is 19.1 Å². The summed E-state index contributed by atoms with van der Waals surface area (Å²) in [7, 11) is -3.73. The number of benzene rings is 1. The number of sulfonamides is 1. The third-order valence-corrected chi connectivity index (χ3v) is 6.12. The Balaban J connectivity index is 2.10. The number of nitrogens with zero attached hydrogens (tertiary/aromatic N) is 2. The van der Waals surface area contributed by atoms with Crippen LogP contribution in [0.3, 0.4) is 0 Å². The summed E-state index contributed by atoms with van der Waals surface area (Å²) in [6.45, 7) is 5.60. The third kappa shape index (κ3) is 4.59. The normalized spacial score (nSPS) is 12.8. The van der Waals surface area contributed by atoms with Gasteiger partial charge in [-0.3, -0.25) is 10.1 Å². The first-order chi connectivity index (χ1) is 11.3. The van der Waals surface area contributed by atoms with Gasteiger partial charge in [0.2, 0.25) is 9.47 Å². The highest BCUT2D eigenvalue weighted by atomic mass is 32.2. The molecule has 0 saturated heterocycles. The molecule has 130 valence electrons. The monoisotopic (exact) mass is 368 g/mol. The zero-order chi connectivity index (χ0) is 17.7. The fraction of sp³-hybridized carbons (Fsp3) is 0.400. The average Bonchev–Trinajstić information content (AvgIpc) is 2.96. The quantitative estimate of drug-likeness (QED) is 0.732. The van der Waals surface area contributed by atoms with E-state index in [0.717, 1.165) is 29.7 Å². The van der Waals surface area contributed by atoms with Crippen molar-refractivity contribution in [3.05, 3.63) is 35.4 Å². The average molecular weight is 368 g/mol. The molecule has 1 aromatic heterocycles. The fourth-order valence-corrected chi connectivity index (χ4v) is 4.36. The molecule has 1 amide bonds. The van der Waals surface area contributed by atoms with Crippen LogP contribution in [0.15, 0.2) is 28.6 Å². The highest BCUT2D eigenvalue weighted by molar-refractivity contribution is 7.91. The number of hydrogen-bond donors (Lipinski definition) is 2. The van der Waals surface area contributed by atoms with E-state index in [-0.39, 0.29) is 21.4 Å². The van der Waals surface area contributed by atoms with Crippen molar-refractivity contribution in [3.8, 4) is 0 Å². The van der Waals surface area contributed by atoms with Gasteiger partial charge < -0.3 is 0 Å². The van der Waals surface area contributed by atoms with Crippen LogP contribution in [0.4, 0.5) is 5.13 Å². The molecule has 7 nitrogen and oxygen atoms in total. The summed E-state index contributed by atoms with van der Waals surface area (Å²) in [5.41, 5.74) is 1.33. The Morgan fingerprint density at radius 3 is 2.67 bits per heavy atom. The summed E-state index contributed by atoms with van der Waals surface area (Å²) in [5.74, 6) is -0.347. The predicted molar refractivity (Wildman–Crippen MR) is 93.7 cm³/mol. The van der Waals surface area contributed by atoms with E-state index in [1.807, 2.05) is 26.0 Å². The van der Waals surface area contributed by atoms with Gasteiger partial charge in [0, 0.05) is 11.6 Å². The Morgan fingerprint density at radius 2 is 2.00 bits per heavy atom. The third-order valence-electron chi connectivity index (χ3n) is 3.32. The van der Waals surface area contributed by atoms with Crippen LogP contribution in [0.5, 0.6) is 0 Å². The maximum absolute atomic E-state index is 12.2. The summed E-state index contributed by atoms with van der Waals surface area (Å²) in [6, 6.07) is 6.93. The predicted octanol–water partition coefficient (Wildman–Crippen LogP) is 2.57. The second kappa shape index (κ2) is 7.82. The molecule has 2 N–H and O–H groups in total. The molecule has 0 spiro atoms. The van der Waals surface area contributed by atoms with Crippen molar-refractivity contribution < 1.29 is 13.2 Å². The first kappa shape index (κ1) is 18.5. The van der Waals surface area contributed by atoms with Crippen LogP contribution in [0.25, 0.3) is 0 Å². The molecule has 0 unspecified atom stereocenters. The zero-order valence-electron chi connectivity index (χ0n) is 13.7. The molecule has 1 atom stereocenters. The van der Waals surface area contributed by atoms with Gasteiger partial charge in [-0.05, 0) is 31.9 Å². The molecule has 1 heterocycles. The first-order valence-electron chi connectivity index (χ1n) is 7.56. The topological polar surface area (TPSA) is 101 Å². The van der Waals surface area contributed by atoms with Crippen LogP contribution in [0.2, 0.25) is 0 Å². The van der Waals surface area contributed by atoms with Crippen LogP contribution in [-0.2, 0) is 10.0 Å². The summed E-state index contributed by atoms with van der Waals surface area (Å²) < 4.78 is 26.8. The summed E-state index contributed by atoms with van der Waals surface area (Å²) in [4.78, 5) is 12.2. The summed E-state index contributed by atoms with van der Waals surface area (Å²) in [6.07, 6.45) is 1.60. The number of hydrogen-bond acceptors (Lipinski definition) is 6. The molecule has 0 aliphatic heterocycles. The Labute approximate surface area is 145 Å². The lowest BCUT2D eigenvalue weighted by atomic mass is 10.1. The van der Waals surface area contributed by atoms with Crippen LogP contribution >= 0.6 is 11.3 Å². The standard InChI is InChI=1S/C15H20N4O3S2/c1-4-7-11(3)19-24(21,22)15-18-17-14(23-15)16-13(20)12-9-6-5-8-10(12)2/h5-6,8-9,11,19H,4,7H2,1-3H3,(H,16,17,20)/t11-/m1/s1. The second-order valence-electron chi connectivity index (χ2n) is 5.45. The number of aromatic nitrogens is 2. The van der Waals surface area contributed by atoms with Crippen LogP contribution in [-0.4, -0.2) is 30.6 Å². The molecule has 0 radical (unpaired) electrons. The minimum Gasteiger partial charge on any atom is -0.296 e. The summed E-state index contributed by atoms with van der Waals surface area (Å²) in [5, 5.41) is 10.2. The van der Waals surface area contributed by atoms with Crippen molar-refractivity contribution in [2.45, 2.75) is 44.0 Å². The van der Waals surface area contributed by atoms with E-state index < -0.39 is 10.0 Å². The van der Waals surface area contributed by atoms with Gasteiger partial charge in [-0.2, -0.15) is 0 Å². The van der Waals surface area contributed by atoms with Gasteiger partial charge in [-0.1, -0.05) is 42.9 Å². The van der Waals surface area contributed by atoms with Crippen LogP contribution < -0.4 is 10.0 Å². The zero-order valence-corrected chi connectivity index (χ0v) is 15.4. The molecule has 0 saturated carbocycles. The number of anilines is 1. The lowest BCUT2D eigenvalue weighted by Gasteiger charge is -2.10. The Kier molecular flexibility index (Phi) is 6.03. The number of aryl methyl sites for hydroxylation is 1.